The lowest BCUT2D eigenvalue weighted by Gasteiger charge is -2.18. The van der Waals surface area contributed by atoms with E-state index in [0.29, 0.717) is 18.7 Å². The van der Waals surface area contributed by atoms with E-state index in [9.17, 15) is 14.4 Å². The summed E-state index contributed by atoms with van der Waals surface area (Å²) in [4.78, 5) is 36.8. The fourth-order valence-corrected chi connectivity index (χ4v) is 2.93. The third-order valence-electron chi connectivity index (χ3n) is 4.33. The summed E-state index contributed by atoms with van der Waals surface area (Å²) >= 11 is 0. The van der Waals surface area contributed by atoms with Crippen LogP contribution in [0.15, 0.2) is 54.6 Å². The van der Waals surface area contributed by atoms with Crippen LogP contribution < -0.4 is 10.1 Å². The number of carbonyl (C=O) groups excluding carboxylic acids is 3. The largest absolute Gasteiger partial charge is 0.482 e. The lowest BCUT2D eigenvalue weighted by molar-refractivity contribution is -0.159. The number of benzene rings is 2. The molecular weight excluding hydrogens is 360 g/mol. The second kappa shape index (κ2) is 9.03. The summed E-state index contributed by atoms with van der Waals surface area (Å²) in [5.74, 6) is -0.635. The third-order valence-corrected chi connectivity index (χ3v) is 4.33. The summed E-state index contributed by atoms with van der Waals surface area (Å²) in [6.45, 7) is 1.78. The first kappa shape index (κ1) is 19.4. The number of carbonyl (C=O) groups is 3. The van der Waals surface area contributed by atoms with E-state index in [4.69, 9.17) is 9.47 Å². The highest BCUT2D eigenvalue weighted by Gasteiger charge is 2.31. The first-order valence-corrected chi connectivity index (χ1v) is 9.08. The van der Waals surface area contributed by atoms with Gasteiger partial charge >= 0.3 is 12.0 Å². The Balaban J connectivity index is 1.54. The van der Waals surface area contributed by atoms with Crippen LogP contribution in [0.25, 0.3) is 0 Å². The molecule has 7 heteroatoms. The van der Waals surface area contributed by atoms with Crippen molar-refractivity contribution in [1.82, 2.24) is 10.2 Å². The minimum absolute atomic E-state index is 0.267. The molecule has 2 aromatic carbocycles. The van der Waals surface area contributed by atoms with Crippen molar-refractivity contribution >= 4 is 17.9 Å². The second-order valence-corrected chi connectivity index (χ2v) is 6.41. The molecule has 1 atom stereocenters. The van der Waals surface area contributed by atoms with Crippen LogP contribution in [-0.2, 0) is 20.7 Å². The molecule has 1 heterocycles. The number of urea groups is 1. The molecular formula is C21H22N2O5. The quantitative estimate of drug-likeness (QED) is 0.742. The molecule has 7 nitrogen and oxygen atoms in total. The summed E-state index contributed by atoms with van der Waals surface area (Å²) in [5, 5.41) is 2.53. The number of hydrogen-bond donors (Lipinski definition) is 1. The van der Waals surface area contributed by atoms with E-state index in [1.165, 1.54) is 6.92 Å². The van der Waals surface area contributed by atoms with Crippen molar-refractivity contribution in [2.75, 3.05) is 19.7 Å². The molecule has 0 radical (unpaired) electrons. The highest BCUT2D eigenvalue weighted by atomic mass is 16.6. The van der Waals surface area contributed by atoms with Crippen molar-refractivity contribution in [3.63, 3.8) is 0 Å². The van der Waals surface area contributed by atoms with Gasteiger partial charge in [0.15, 0.2) is 12.7 Å². The van der Waals surface area contributed by atoms with Crippen LogP contribution in [0.2, 0.25) is 0 Å². The van der Waals surface area contributed by atoms with E-state index >= 15 is 0 Å². The number of ether oxygens (including phenoxy) is 2. The zero-order valence-electron chi connectivity index (χ0n) is 15.6. The zero-order valence-corrected chi connectivity index (χ0v) is 15.6. The van der Waals surface area contributed by atoms with Crippen molar-refractivity contribution in [1.29, 1.82) is 0 Å². The zero-order chi connectivity index (χ0) is 19.9. The maximum Gasteiger partial charge on any atom is 0.344 e. The van der Waals surface area contributed by atoms with Crippen LogP contribution in [0.4, 0.5) is 4.79 Å². The van der Waals surface area contributed by atoms with E-state index in [0.717, 1.165) is 16.0 Å². The van der Waals surface area contributed by atoms with Crippen molar-refractivity contribution in [2.45, 2.75) is 19.4 Å². The Morgan fingerprint density at radius 1 is 1.11 bits per heavy atom. The highest BCUT2D eigenvalue weighted by molar-refractivity contribution is 5.98. The molecule has 3 rings (SSSR count). The maximum absolute atomic E-state index is 12.2. The molecule has 2 aromatic rings. The first-order valence-electron chi connectivity index (χ1n) is 9.08. The Hall–Kier alpha value is -3.35. The van der Waals surface area contributed by atoms with Gasteiger partial charge in [-0.15, -0.1) is 0 Å². The molecule has 1 N–H and O–H groups in total. The second-order valence-electron chi connectivity index (χ2n) is 6.41. The molecule has 0 saturated carbocycles. The van der Waals surface area contributed by atoms with E-state index in [-0.39, 0.29) is 13.2 Å². The Morgan fingerprint density at radius 3 is 2.54 bits per heavy atom. The van der Waals surface area contributed by atoms with Crippen molar-refractivity contribution in [2.24, 2.45) is 0 Å². The van der Waals surface area contributed by atoms with Gasteiger partial charge in [-0.1, -0.05) is 48.5 Å². The van der Waals surface area contributed by atoms with Gasteiger partial charge in [0.2, 0.25) is 0 Å². The van der Waals surface area contributed by atoms with Crippen LogP contribution in [0.5, 0.6) is 5.75 Å². The summed E-state index contributed by atoms with van der Waals surface area (Å²) in [6.07, 6.45) is -0.384. The van der Waals surface area contributed by atoms with Crippen LogP contribution >= 0.6 is 0 Å². The SMILES string of the molecule is CC(OC(=O)COc1ccccc1Cc1ccccc1)C(=O)N1CCNC1=O. The molecule has 1 aliphatic heterocycles. The minimum atomic E-state index is -1.06. The van der Waals surface area contributed by atoms with Gasteiger partial charge in [-0.2, -0.15) is 0 Å². The number of rotatable bonds is 7. The normalized spacial score (nSPS) is 14.3. The lowest BCUT2D eigenvalue weighted by Crippen LogP contribution is -2.42. The highest BCUT2D eigenvalue weighted by Crippen LogP contribution is 2.21. The maximum atomic E-state index is 12.2. The van der Waals surface area contributed by atoms with Crippen LogP contribution in [0.3, 0.4) is 0 Å². The number of esters is 1. The Morgan fingerprint density at radius 2 is 1.82 bits per heavy atom. The molecule has 0 aromatic heterocycles. The van der Waals surface area contributed by atoms with Gasteiger partial charge in [0, 0.05) is 19.5 Å². The van der Waals surface area contributed by atoms with Crippen LogP contribution in [0.1, 0.15) is 18.1 Å². The molecule has 0 bridgehead atoms. The van der Waals surface area contributed by atoms with Gasteiger partial charge in [0.1, 0.15) is 5.75 Å². The predicted molar refractivity (Wildman–Crippen MR) is 102 cm³/mol. The summed E-state index contributed by atoms with van der Waals surface area (Å²) < 4.78 is 10.7. The molecule has 0 spiro atoms. The van der Waals surface area contributed by atoms with Gasteiger partial charge < -0.3 is 14.8 Å². The molecule has 146 valence electrons. The van der Waals surface area contributed by atoms with E-state index in [2.05, 4.69) is 5.32 Å². The Bertz CT molecular complexity index is 853. The lowest BCUT2D eigenvalue weighted by atomic mass is 10.0. The smallest absolute Gasteiger partial charge is 0.344 e. The van der Waals surface area contributed by atoms with Crippen LogP contribution in [-0.4, -0.2) is 48.6 Å². The summed E-state index contributed by atoms with van der Waals surface area (Å²) in [5.41, 5.74) is 2.07. The van der Waals surface area contributed by atoms with Crippen molar-refractivity contribution in [3.05, 3.63) is 65.7 Å². The minimum Gasteiger partial charge on any atom is -0.482 e. The molecule has 3 amide bonds. The fourth-order valence-electron chi connectivity index (χ4n) is 2.93. The Labute approximate surface area is 163 Å². The van der Waals surface area contributed by atoms with Gasteiger partial charge in [0.05, 0.1) is 0 Å². The summed E-state index contributed by atoms with van der Waals surface area (Å²) in [6, 6.07) is 16.9. The number of nitrogens with zero attached hydrogens (tertiary/aromatic N) is 1. The number of nitrogens with one attached hydrogen (secondary N) is 1. The monoisotopic (exact) mass is 382 g/mol. The molecule has 1 fully saturated rings. The van der Waals surface area contributed by atoms with Gasteiger partial charge in [-0.05, 0) is 24.1 Å². The Kier molecular flexibility index (Phi) is 6.26. The fraction of sp³-hybridized carbons (Fsp3) is 0.286. The molecule has 1 saturated heterocycles. The number of amides is 3. The number of para-hydroxylation sites is 1. The standard InChI is InChI=1S/C21H22N2O5/c1-15(20(25)23-12-11-22-21(23)26)28-19(24)14-27-18-10-6-5-9-17(18)13-16-7-3-2-4-8-16/h2-10,15H,11-14H2,1H3,(H,22,26). The summed E-state index contributed by atoms with van der Waals surface area (Å²) in [7, 11) is 0. The topological polar surface area (TPSA) is 84.9 Å². The van der Waals surface area contributed by atoms with Crippen LogP contribution in [0, 0.1) is 0 Å². The molecule has 1 unspecified atom stereocenters. The third kappa shape index (κ3) is 4.88. The van der Waals surface area contributed by atoms with Gasteiger partial charge in [-0.3, -0.25) is 9.69 Å². The van der Waals surface area contributed by atoms with E-state index < -0.39 is 24.0 Å². The van der Waals surface area contributed by atoms with Crippen molar-refractivity contribution < 1.29 is 23.9 Å². The predicted octanol–water partition coefficient (Wildman–Crippen LogP) is 2.14. The number of imide groups is 1. The first-order chi connectivity index (χ1) is 13.5. The molecule has 0 aliphatic carbocycles. The van der Waals surface area contributed by atoms with Gasteiger partial charge in [0.25, 0.3) is 5.91 Å². The molecule has 28 heavy (non-hydrogen) atoms. The van der Waals surface area contributed by atoms with Gasteiger partial charge in [-0.25, -0.2) is 9.59 Å². The molecule has 1 aliphatic rings. The number of hydrogen-bond acceptors (Lipinski definition) is 5. The van der Waals surface area contributed by atoms with Crippen molar-refractivity contribution in [3.8, 4) is 5.75 Å². The average molecular weight is 382 g/mol. The van der Waals surface area contributed by atoms with E-state index in [1.807, 2.05) is 48.5 Å². The van der Waals surface area contributed by atoms with E-state index in [1.54, 1.807) is 6.07 Å². The average Bonchev–Trinajstić information content (AvgIpc) is 3.13.